The Morgan fingerprint density at radius 1 is 0.553 bits per heavy atom. The van der Waals surface area contributed by atoms with Crippen molar-refractivity contribution < 1.29 is 0 Å². The number of thiophene rings is 1. The zero-order valence-corrected chi connectivity index (χ0v) is 21.6. The van der Waals surface area contributed by atoms with E-state index in [1.165, 1.54) is 59.1 Å². The van der Waals surface area contributed by atoms with Gasteiger partial charge in [0.2, 0.25) is 0 Å². The lowest BCUT2D eigenvalue weighted by Crippen LogP contribution is -2.28. The number of hydrogen-bond donors (Lipinski definition) is 0. The predicted molar refractivity (Wildman–Crippen MR) is 164 cm³/mol. The summed E-state index contributed by atoms with van der Waals surface area (Å²) < 4.78 is 1.39. The summed E-state index contributed by atoms with van der Waals surface area (Å²) in [4.78, 5) is 3.86. The maximum Gasteiger partial charge on any atom is 0.0537 e. The number of benzene rings is 5. The predicted octanol–water partition coefficient (Wildman–Crippen LogP) is 10.2. The minimum absolute atomic E-state index is 0.246. The number of para-hydroxylation sites is 1. The Bertz CT molecular complexity index is 1930. The number of rotatable bonds is 3. The Morgan fingerprint density at radius 2 is 1.24 bits per heavy atom. The van der Waals surface area contributed by atoms with E-state index in [2.05, 4.69) is 144 Å². The third-order valence-corrected chi connectivity index (χ3v) is 9.22. The van der Waals surface area contributed by atoms with E-state index in [4.69, 9.17) is 0 Å². The molecule has 5 aromatic carbocycles. The van der Waals surface area contributed by atoms with Crippen molar-refractivity contribution in [1.29, 1.82) is 0 Å². The second-order valence-electron chi connectivity index (χ2n) is 10.1. The van der Waals surface area contributed by atoms with Crippen molar-refractivity contribution in [3.63, 3.8) is 0 Å². The van der Waals surface area contributed by atoms with Crippen LogP contribution in [-0.4, -0.2) is 0 Å². The second kappa shape index (κ2) is 8.58. The summed E-state index contributed by atoms with van der Waals surface area (Å²) in [5.41, 5.74) is 5.20. The zero-order chi connectivity index (χ0) is 25.1. The van der Waals surface area contributed by atoms with Crippen LogP contribution in [0.1, 0.15) is 16.4 Å². The fourth-order valence-electron chi connectivity index (χ4n) is 6.33. The molecule has 0 radical (unpaired) electrons. The van der Waals surface area contributed by atoms with Gasteiger partial charge in [-0.1, -0.05) is 115 Å². The van der Waals surface area contributed by atoms with E-state index in [1.807, 2.05) is 11.3 Å². The van der Waals surface area contributed by atoms with Gasteiger partial charge in [-0.05, 0) is 51.4 Å². The number of nitrogens with zero attached hydrogens (tertiary/aromatic N) is 1. The summed E-state index contributed by atoms with van der Waals surface area (Å²) in [5, 5.41) is 6.57. The molecule has 38 heavy (non-hydrogen) atoms. The molecule has 1 heterocycles. The molecule has 0 N–H and O–H groups in total. The van der Waals surface area contributed by atoms with E-state index >= 15 is 0 Å². The van der Waals surface area contributed by atoms with Crippen molar-refractivity contribution in [3.05, 3.63) is 150 Å². The number of anilines is 2. The fourth-order valence-corrected chi connectivity index (χ4v) is 7.67. The molecule has 8 rings (SSSR count). The minimum Gasteiger partial charge on any atom is -0.313 e. The molecule has 0 fully saturated rings. The molecule has 0 saturated carbocycles. The van der Waals surface area contributed by atoms with Gasteiger partial charge in [0.15, 0.2) is 0 Å². The molecule has 0 spiro atoms. The maximum absolute atomic E-state index is 2.49. The van der Waals surface area contributed by atoms with Gasteiger partial charge < -0.3 is 4.90 Å². The molecule has 1 nitrogen and oxygen atoms in total. The smallest absolute Gasteiger partial charge is 0.0537 e. The first-order valence-corrected chi connectivity index (χ1v) is 14.0. The van der Waals surface area contributed by atoms with E-state index in [9.17, 15) is 0 Å². The van der Waals surface area contributed by atoms with Crippen LogP contribution in [0.5, 0.6) is 0 Å². The average molecular weight is 504 g/mol. The Hall–Kier alpha value is -4.40. The van der Waals surface area contributed by atoms with Crippen LogP contribution in [0.15, 0.2) is 139 Å². The lowest BCUT2D eigenvalue weighted by atomic mass is 9.76. The van der Waals surface area contributed by atoms with Crippen molar-refractivity contribution in [3.8, 4) is 0 Å². The van der Waals surface area contributed by atoms with Gasteiger partial charge in [-0.3, -0.25) is 0 Å². The molecule has 0 saturated heterocycles. The quantitative estimate of drug-likeness (QED) is 0.232. The highest BCUT2D eigenvalue weighted by Gasteiger charge is 2.36. The standard InChI is InChI=1S/C36H25NS/c1-2-14-26(15-3-1)37(32-20-10-13-24-11-4-6-16-27(24)32)33-23-34-35(30-19-9-8-18-29(30)33)31-22-21-25-12-5-7-17-28(25)36(31)38-34/h1-23,29-30H. The molecule has 2 unspecified atom stereocenters. The zero-order valence-electron chi connectivity index (χ0n) is 20.8. The van der Waals surface area contributed by atoms with Gasteiger partial charge in [0.1, 0.15) is 0 Å². The van der Waals surface area contributed by atoms with Crippen LogP contribution in [0.4, 0.5) is 11.4 Å². The van der Waals surface area contributed by atoms with Gasteiger partial charge in [0.05, 0.1) is 5.69 Å². The number of allylic oxidation sites excluding steroid dienone is 4. The first kappa shape index (κ1) is 21.7. The van der Waals surface area contributed by atoms with E-state index < -0.39 is 0 Å². The molecule has 0 bridgehead atoms. The lowest BCUT2D eigenvalue weighted by molar-refractivity contribution is 0.650. The summed E-state index contributed by atoms with van der Waals surface area (Å²) in [6.07, 6.45) is 11.7. The minimum atomic E-state index is 0.246. The Labute approximate surface area is 226 Å². The molecule has 2 heteroatoms. The summed E-state index contributed by atoms with van der Waals surface area (Å²) >= 11 is 1.94. The molecule has 1 aromatic heterocycles. The molecule has 0 aliphatic heterocycles. The van der Waals surface area contributed by atoms with Crippen LogP contribution in [0.3, 0.4) is 0 Å². The molecule has 2 atom stereocenters. The third kappa shape index (κ3) is 3.24. The second-order valence-corrected chi connectivity index (χ2v) is 11.2. The molecular formula is C36H25NS. The first-order valence-electron chi connectivity index (χ1n) is 13.2. The summed E-state index contributed by atoms with van der Waals surface area (Å²) in [6.45, 7) is 0. The lowest BCUT2D eigenvalue weighted by Gasteiger charge is -2.38. The van der Waals surface area contributed by atoms with Crippen LogP contribution >= 0.6 is 11.3 Å². The third-order valence-electron chi connectivity index (χ3n) is 8.02. The van der Waals surface area contributed by atoms with Crippen molar-refractivity contribution in [2.24, 2.45) is 5.92 Å². The van der Waals surface area contributed by atoms with Crippen LogP contribution in [-0.2, 0) is 0 Å². The molecule has 6 aromatic rings. The molecule has 180 valence electrons. The van der Waals surface area contributed by atoms with E-state index in [0.29, 0.717) is 5.92 Å². The largest absolute Gasteiger partial charge is 0.313 e. The van der Waals surface area contributed by atoms with Crippen LogP contribution < -0.4 is 4.90 Å². The Balaban J connectivity index is 1.43. The highest BCUT2D eigenvalue weighted by molar-refractivity contribution is 7.21. The van der Waals surface area contributed by atoms with Gasteiger partial charge in [-0.2, -0.15) is 0 Å². The van der Waals surface area contributed by atoms with Crippen molar-refractivity contribution in [2.45, 2.75) is 5.92 Å². The number of hydrogen-bond acceptors (Lipinski definition) is 2. The summed E-state index contributed by atoms with van der Waals surface area (Å²) in [7, 11) is 0. The SMILES string of the molecule is C1=CC2C(N(c3ccccc3)c3cccc4ccccc34)=Cc3sc4c(ccc5ccccc54)c3C2C=C1. The number of fused-ring (bicyclic) bond motifs is 8. The van der Waals surface area contributed by atoms with Crippen molar-refractivity contribution >= 4 is 60.4 Å². The molecule has 2 aliphatic rings. The molecule has 0 amide bonds. The van der Waals surface area contributed by atoms with Gasteiger partial charge in [-0.15, -0.1) is 11.3 Å². The normalized spacial score (nSPS) is 17.9. The first-order chi connectivity index (χ1) is 18.9. The Morgan fingerprint density at radius 3 is 2.08 bits per heavy atom. The monoisotopic (exact) mass is 503 g/mol. The van der Waals surface area contributed by atoms with Crippen LogP contribution in [0.25, 0.3) is 37.7 Å². The highest BCUT2D eigenvalue weighted by atomic mass is 32.1. The molecule has 2 aliphatic carbocycles. The highest BCUT2D eigenvalue weighted by Crippen LogP contribution is 2.52. The fraction of sp³-hybridized carbons (Fsp3) is 0.0556. The van der Waals surface area contributed by atoms with Gasteiger partial charge in [0.25, 0.3) is 0 Å². The van der Waals surface area contributed by atoms with Crippen LogP contribution in [0, 0.1) is 5.92 Å². The van der Waals surface area contributed by atoms with Gasteiger partial charge in [-0.25, -0.2) is 0 Å². The summed E-state index contributed by atoms with van der Waals surface area (Å²) in [6, 6.07) is 39.6. The van der Waals surface area contributed by atoms with Crippen LogP contribution in [0.2, 0.25) is 0 Å². The maximum atomic E-state index is 2.49. The van der Waals surface area contributed by atoms with E-state index in [0.717, 1.165) is 0 Å². The van der Waals surface area contributed by atoms with Crippen molar-refractivity contribution in [2.75, 3.05) is 4.90 Å². The van der Waals surface area contributed by atoms with Gasteiger partial charge in [0, 0.05) is 38.2 Å². The van der Waals surface area contributed by atoms with E-state index in [-0.39, 0.29) is 5.92 Å². The Kier molecular flexibility index (Phi) is 4.89. The van der Waals surface area contributed by atoms with E-state index in [1.54, 1.807) is 0 Å². The summed E-state index contributed by atoms with van der Waals surface area (Å²) in [5.74, 6) is 0.544. The topological polar surface area (TPSA) is 3.24 Å². The molecular weight excluding hydrogens is 478 g/mol. The van der Waals surface area contributed by atoms with Gasteiger partial charge >= 0.3 is 0 Å². The van der Waals surface area contributed by atoms with Crippen molar-refractivity contribution in [1.82, 2.24) is 0 Å². The average Bonchev–Trinajstić information content (AvgIpc) is 3.37.